The van der Waals surface area contributed by atoms with Gasteiger partial charge < -0.3 is 18.9 Å². The molecule has 3 aromatic carbocycles. The summed E-state index contributed by atoms with van der Waals surface area (Å²) in [6.45, 7) is 5.22. The van der Waals surface area contributed by atoms with Crippen molar-refractivity contribution in [3.8, 4) is 23.0 Å². The minimum absolute atomic E-state index is 0.00782. The zero-order valence-corrected chi connectivity index (χ0v) is 26.9. The summed E-state index contributed by atoms with van der Waals surface area (Å²) >= 11 is 0. The highest BCUT2D eigenvalue weighted by Crippen LogP contribution is 2.49. The third kappa shape index (κ3) is 7.05. The molecule has 7 rings (SSSR count). The fourth-order valence-electron chi connectivity index (χ4n) is 6.55. The Balaban J connectivity index is 0.990. The maximum Gasteiger partial charge on any atom is 0.166 e. The number of ketones is 2. The molecule has 0 bridgehead atoms. The number of hydrogen-bond donors (Lipinski definition) is 0. The molecule has 10 heteroatoms. The lowest BCUT2D eigenvalue weighted by Gasteiger charge is -2.26. The standard InChI is InChI=1S/C38H38F2N2O6/c1-45-34-20-29-31(21-35(34)47-23-27-19-26(27)22-42-12-14-46-15-13-42)41-11-8-32(29)48-33-7-4-25(16-30(33)40)18-37(44)38(9-10-38)36(43)17-24-2-5-28(39)6-3-24/h2-8,11,16,20-21,26-27H,9-10,12-15,17-19,22-23H2,1H3. The monoisotopic (exact) mass is 656 g/mol. The highest BCUT2D eigenvalue weighted by atomic mass is 19.1. The van der Waals surface area contributed by atoms with Crippen LogP contribution in [0, 0.1) is 28.9 Å². The van der Waals surface area contributed by atoms with E-state index in [1.54, 1.807) is 43.6 Å². The second kappa shape index (κ2) is 13.6. The molecule has 2 unspecified atom stereocenters. The summed E-state index contributed by atoms with van der Waals surface area (Å²) in [5, 5.41) is 0.632. The number of methoxy groups -OCH3 is 1. The molecule has 8 nitrogen and oxygen atoms in total. The summed E-state index contributed by atoms with van der Waals surface area (Å²) in [5.41, 5.74) is 0.675. The van der Waals surface area contributed by atoms with Gasteiger partial charge in [0, 0.05) is 50.1 Å². The first-order valence-electron chi connectivity index (χ1n) is 16.5. The quantitative estimate of drug-likeness (QED) is 0.145. The summed E-state index contributed by atoms with van der Waals surface area (Å²) in [5.74, 6) is 1.19. The third-order valence-electron chi connectivity index (χ3n) is 9.78. The first-order valence-corrected chi connectivity index (χ1v) is 16.5. The average Bonchev–Trinajstić information content (AvgIpc) is 4.03. The molecule has 3 aliphatic rings. The molecule has 3 fully saturated rings. The number of rotatable bonds is 14. The van der Waals surface area contributed by atoms with Gasteiger partial charge in [0.2, 0.25) is 0 Å². The third-order valence-corrected chi connectivity index (χ3v) is 9.78. The van der Waals surface area contributed by atoms with Crippen LogP contribution in [0.2, 0.25) is 0 Å². The summed E-state index contributed by atoms with van der Waals surface area (Å²) in [6.07, 6.45) is 3.66. The fraction of sp³-hybridized carbons (Fsp3) is 0.395. The first kappa shape index (κ1) is 32.2. The van der Waals surface area contributed by atoms with Gasteiger partial charge in [-0.15, -0.1) is 0 Å². The largest absolute Gasteiger partial charge is 0.493 e. The van der Waals surface area contributed by atoms with Gasteiger partial charge in [0.15, 0.2) is 34.6 Å². The molecule has 0 radical (unpaired) electrons. The SMILES string of the molecule is COc1cc2c(Oc3ccc(CC(=O)C4(C(=O)Cc5ccc(F)cc5)CC4)cc3F)ccnc2cc1OCC1CC1CN1CCOCC1. The molecule has 2 atom stereocenters. The number of carbonyl (C=O) groups excluding carboxylic acids is 2. The van der Waals surface area contributed by atoms with Crippen LogP contribution < -0.4 is 14.2 Å². The van der Waals surface area contributed by atoms with Crippen molar-refractivity contribution in [3.63, 3.8) is 0 Å². The second-order valence-corrected chi connectivity index (χ2v) is 13.1. The first-order chi connectivity index (χ1) is 23.3. The van der Waals surface area contributed by atoms with E-state index >= 15 is 4.39 Å². The van der Waals surface area contributed by atoms with Crippen LogP contribution in [0.1, 0.15) is 30.4 Å². The van der Waals surface area contributed by atoms with Gasteiger partial charge in [-0.1, -0.05) is 18.2 Å². The zero-order valence-electron chi connectivity index (χ0n) is 26.9. The Hall–Kier alpha value is -4.41. The lowest BCUT2D eigenvalue weighted by Crippen LogP contribution is -2.37. The Morgan fingerprint density at radius 1 is 0.875 bits per heavy atom. The van der Waals surface area contributed by atoms with Crippen LogP contribution in [0.15, 0.2) is 66.9 Å². The smallest absolute Gasteiger partial charge is 0.166 e. The van der Waals surface area contributed by atoms with E-state index in [2.05, 4.69) is 9.88 Å². The number of hydrogen-bond acceptors (Lipinski definition) is 8. The zero-order chi connectivity index (χ0) is 33.3. The molecule has 48 heavy (non-hydrogen) atoms. The van der Waals surface area contributed by atoms with Crippen LogP contribution in [0.5, 0.6) is 23.0 Å². The summed E-state index contributed by atoms with van der Waals surface area (Å²) in [4.78, 5) is 33.2. The van der Waals surface area contributed by atoms with Crippen molar-refractivity contribution in [2.45, 2.75) is 32.1 Å². The Labute approximate surface area is 278 Å². The number of carbonyl (C=O) groups is 2. The van der Waals surface area contributed by atoms with Gasteiger partial charge in [0.25, 0.3) is 0 Å². The normalized spacial score (nSPS) is 19.9. The van der Waals surface area contributed by atoms with Crippen molar-refractivity contribution in [2.75, 3.05) is 46.6 Å². The molecule has 2 saturated carbocycles. The maximum absolute atomic E-state index is 15.3. The number of benzene rings is 3. The lowest BCUT2D eigenvalue weighted by atomic mass is 9.88. The number of ether oxygens (including phenoxy) is 4. The van der Waals surface area contributed by atoms with E-state index in [4.69, 9.17) is 18.9 Å². The van der Waals surface area contributed by atoms with Crippen LogP contribution in [0.3, 0.4) is 0 Å². The molecule has 1 saturated heterocycles. The molecule has 0 N–H and O–H groups in total. The predicted molar refractivity (Wildman–Crippen MR) is 175 cm³/mol. The summed E-state index contributed by atoms with van der Waals surface area (Å²) in [7, 11) is 1.57. The average molecular weight is 657 g/mol. The molecule has 1 aliphatic heterocycles. The van der Waals surface area contributed by atoms with E-state index in [1.165, 1.54) is 24.3 Å². The molecule has 1 aromatic heterocycles. The molecule has 2 heterocycles. The second-order valence-electron chi connectivity index (χ2n) is 13.1. The number of pyridine rings is 1. The van der Waals surface area contributed by atoms with E-state index in [1.807, 2.05) is 6.07 Å². The molecular weight excluding hydrogens is 618 g/mol. The Morgan fingerprint density at radius 2 is 1.60 bits per heavy atom. The van der Waals surface area contributed by atoms with Gasteiger partial charge in [-0.2, -0.15) is 0 Å². The van der Waals surface area contributed by atoms with Gasteiger partial charge in [0.1, 0.15) is 11.6 Å². The maximum atomic E-state index is 15.3. The van der Waals surface area contributed by atoms with Crippen molar-refractivity contribution in [1.29, 1.82) is 0 Å². The Bertz CT molecular complexity index is 1820. The van der Waals surface area contributed by atoms with Crippen molar-refractivity contribution in [2.24, 2.45) is 17.3 Å². The predicted octanol–water partition coefficient (Wildman–Crippen LogP) is 6.36. The summed E-state index contributed by atoms with van der Waals surface area (Å²) < 4.78 is 51.9. The number of nitrogens with zero attached hydrogens (tertiary/aromatic N) is 2. The molecule has 0 spiro atoms. The minimum Gasteiger partial charge on any atom is -0.493 e. The Kier molecular flexibility index (Phi) is 9.11. The van der Waals surface area contributed by atoms with E-state index in [9.17, 15) is 14.0 Å². The van der Waals surface area contributed by atoms with Gasteiger partial charge in [0.05, 0.1) is 37.9 Å². The van der Waals surface area contributed by atoms with Gasteiger partial charge in [-0.05, 0) is 78.6 Å². The van der Waals surface area contributed by atoms with Crippen LogP contribution >= 0.6 is 0 Å². The van der Waals surface area contributed by atoms with Gasteiger partial charge in [-0.3, -0.25) is 19.5 Å². The number of Topliss-reactive ketones (excluding diaryl/α,β-unsaturated/α-hetero) is 2. The van der Waals surface area contributed by atoms with Crippen LogP contribution in [-0.2, 0) is 27.2 Å². The van der Waals surface area contributed by atoms with E-state index in [0.717, 1.165) is 39.3 Å². The summed E-state index contributed by atoms with van der Waals surface area (Å²) in [6, 6.07) is 15.3. The highest BCUT2D eigenvalue weighted by Gasteiger charge is 2.54. The number of aromatic nitrogens is 1. The fourth-order valence-corrected chi connectivity index (χ4v) is 6.55. The molecular formula is C38H38F2N2O6. The van der Waals surface area contributed by atoms with E-state index < -0.39 is 11.2 Å². The van der Waals surface area contributed by atoms with Crippen LogP contribution in [-0.4, -0.2) is 68.0 Å². The number of fused-ring (bicyclic) bond motifs is 1. The molecule has 250 valence electrons. The van der Waals surface area contributed by atoms with E-state index in [0.29, 0.717) is 70.6 Å². The lowest BCUT2D eigenvalue weighted by molar-refractivity contribution is -0.133. The number of morpholine rings is 1. The molecule has 2 aliphatic carbocycles. The van der Waals surface area contributed by atoms with Crippen molar-refractivity contribution in [3.05, 3.63) is 89.6 Å². The Morgan fingerprint density at radius 3 is 2.31 bits per heavy atom. The minimum atomic E-state index is -1.05. The highest BCUT2D eigenvalue weighted by molar-refractivity contribution is 6.11. The number of halogens is 2. The van der Waals surface area contributed by atoms with Crippen molar-refractivity contribution in [1.82, 2.24) is 9.88 Å². The van der Waals surface area contributed by atoms with Crippen LogP contribution in [0.4, 0.5) is 8.78 Å². The van der Waals surface area contributed by atoms with Crippen molar-refractivity contribution < 1.29 is 37.3 Å². The van der Waals surface area contributed by atoms with Gasteiger partial charge >= 0.3 is 0 Å². The molecule has 0 amide bonds. The topological polar surface area (TPSA) is 87.2 Å². The van der Waals surface area contributed by atoms with E-state index in [-0.39, 0.29) is 36.0 Å². The van der Waals surface area contributed by atoms with Crippen LogP contribution in [0.25, 0.3) is 10.9 Å². The van der Waals surface area contributed by atoms with Gasteiger partial charge in [-0.25, -0.2) is 8.78 Å². The van der Waals surface area contributed by atoms with Crippen molar-refractivity contribution >= 4 is 22.5 Å². The molecule has 4 aromatic rings.